The lowest BCUT2D eigenvalue weighted by Gasteiger charge is -2.33. The Balaban J connectivity index is 0.997. The Morgan fingerprint density at radius 2 is 1.07 bits per heavy atom. The number of nitrogens with zero attached hydrogens (tertiary/aromatic N) is 3. The highest BCUT2D eigenvalue weighted by molar-refractivity contribution is 6.24. The van der Waals surface area contributed by atoms with Gasteiger partial charge in [-0.15, -0.1) is 0 Å². The SMILES string of the molecule is C1=C(c2ccc(-c3ccc(-c4nc5c6ccccc6c6ccncc6c5n4-c4cccc5ccccc45)cc3)cc2)NC(c2ccccc2)NC1c1ccccc1. The molecule has 0 fully saturated rings. The third-order valence-electron chi connectivity index (χ3n) is 11.4. The minimum absolute atomic E-state index is 0.0195. The van der Waals surface area contributed by atoms with Gasteiger partial charge in [-0.3, -0.25) is 14.9 Å². The summed E-state index contributed by atoms with van der Waals surface area (Å²) in [6.45, 7) is 0. The van der Waals surface area contributed by atoms with E-state index in [4.69, 9.17) is 4.98 Å². The van der Waals surface area contributed by atoms with E-state index >= 15 is 0 Å². The largest absolute Gasteiger partial charge is 0.366 e. The summed E-state index contributed by atoms with van der Waals surface area (Å²) in [5.41, 5.74) is 11.2. The average Bonchev–Trinajstić information content (AvgIpc) is 3.70. The summed E-state index contributed by atoms with van der Waals surface area (Å²) in [5.74, 6) is 0.898. The molecule has 0 saturated carbocycles. The maximum Gasteiger partial charge on any atom is 0.145 e. The number of rotatable bonds is 6. The minimum Gasteiger partial charge on any atom is -0.366 e. The van der Waals surface area contributed by atoms with Crippen LogP contribution in [0.4, 0.5) is 0 Å². The van der Waals surface area contributed by atoms with Gasteiger partial charge in [0.2, 0.25) is 0 Å². The van der Waals surface area contributed by atoms with Crippen LogP contribution in [0.3, 0.4) is 0 Å². The van der Waals surface area contributed by atoms with Crippen molar-refractivity contribution in [2.75, 3.05) is 0 Å². The van der Waals surface area contributed by atoms with Crippen molar-refractivity contribution in [3.63, 3.8) is 0 Å². The summed E-state index contributed by atoms with van der Waals surface area (Å²) in [6.07, 6.45) is 6.15. The van der Waals surface area contributed by atoms with Crippen LogP contribution in [0.2, 0.25) is 0 Å². The summed E-state index contributed by atoms with van der Waals surface area (Å²) in [6, 6.07) is 64.9. The molecule has 2 aromatic heterocycles. The summed E-state index contributed by atoms with van der Waals surface area (Å²) in [7, 11) is 0. The Bertz CT molecular complexity index is 3110. The molecule has 2 unspecified atom stereocenters. The monoisotopic (exact) mass is 731 g/mol. The number of imidazole rings is 1. The van der Waals surface area contributed by atoms with Crippen LogP contribution in [0.1, 0.15) is 28.9 Å². The van der Waals surface area contributed by atoms with E-state index in [2.05, 4.69) is 208 Å². The van der Waals surface area contributed by atoms with E-state index in [1.165, 1.54) is 32.7 Å². The Morgan fingerprint density at radius 1 is 0.474 bits per heavy atom. The van der Waals surface area contributed by atoms with E-state index in [0.29, 0.717) is 0 Å². The molecular formula is C52H37N5. The zero-order chi connectivity index (χ0) is 37.7. The predicted octanol–water partition coefficient (Wildman–Crippen LogP) is 12.2. The van der Waals surface area contributed by atoms with Crippen molar-refractivity contribution in [1.82, 2.24) is 25.2 Å². The number of aromatic nitrogens is 3. The van der Waals surface area contributed by atoms with E-state index in [-0.39, 0.29) is 12.2 Å². The number of hydrogen-bond acceptors (Lipinski definition) is 4. The topological polar surface area (TPSA) is 54.8 Å². The molecule has 0 amide bonds. The fraction of sp³-hybridized carbons (Fsp3) is 0.0385. The van der Waals surface area contributed by atoms with Crippen molar-refractivity contribution < 1.29 is 0 Å². The van der Waals surface area contributed by atoms with E-state index < -0.39 is 0 Å². The van der Waals surface area contributed by atoms with Crippen molar-refractivity contribution >= 4 is 49.0 Å². The van der Waals surface area contributed by atoms with Gasteiger partial charge in [0.1, 0.15) is 12.0 Å². The summed E-state index contributed by atoms with van der Waals surface area (Å²) in [4.78, 5) is 10.1. The molecule has 57 heavy (non-hydrogen) atoms. The first kappa shape index (κ1) is 33.0. The predicted molar refractivity (Wildman–Crippen MR) is 235 cm³/mol. The number of pyridine rings is 1. The molecule has 0 aliphatic carbocycles. The molecule has 5 heteroatoms. The first-order valence-corrected chi connectivity index (χ1v) is 19.5. The highest BCUT2D eigenvalue weighted by Gasteiger charge is 2.25. The molecule has 270 valence electrons. The van der Waals surface area contributed by atoms with Crippen LogP contribution in [0.25, 0.3) is 77.2 Å². The molecule has 11 rings (SSSR count). The second-order valence-electron chi connectivity index (χ2n) is 14.7. The normalized spacial score (nSPS) is 15.5. The highest BCUT2D eigenvalue weighted by atomic mass is 15.2. The van der Waals surface area contributed by atoms with Crippen molar-refractivity contribution in [3.8, 4) is 28.2 Å². The zero-order valence-corrected chi connectivity index (χ0v) is 31.0. The number of benzene rings is 8. The molecule has 0 spiro atoms. The van der Waals surface area contributed by atoms with Gasteiger partial charge >= 0.3 is 0 Å². The maximum atomic E-state index is 5.48. The van der Waals surface area contributed by atoms with Crippen LogP contribution in [0.5, 0.6) is 0 Å². The van der Waals surface area contributed by atoms with Gasteiger partial charge in [0, 0.05) is 39.8 Å². The Morgan fingerprint density at radius 3 is 1.82 bits per heavy atom. The third kappa shape index (κ3) is 5.76. The summed E-state index contributed by atoms with van der Waals surface area (Å²) < 4.78 is 2.35. The zero-order valence-electron chi connectivity index (χ0n) is 31.0. The molecule has 0 radical (unpaired) electrons. The van der Waals surface area contributed by atoms with Crippen LogP contribution >= 0.6 is 0 Å². The van der Waals surface area contributed by atoms with Crippen LogP contribution in [-0.4, -0.2) is 14.5 Å². The highest BCUT2D eigenvalue weighted by Crippen LogP contribution is 2.40. The van der Waals surface area contributed by atoms with Crippen molar-refractivity contribution in [1.29, 1.82) is 0 Å². The molecule has 2 N–H and O–H groups in total. The summed E-state index contributed by atoms with van der Waals surface area (Å²) in [5, 5.41) is 14.5. The smallest absolute Gasteiger partial charge is 0.145 e. The van der Waals surface area contributed by atoms with Gasteiger partial charge in [-0.1, -0.05) is 170 Å². The van der Waals surface area contributed by atoms with Crippen molar-refractivity contribution in [3.05, 3.63) is 217 Å². The quantitative estimate of drug-likeness (QED) is 0.167. The third-order valence-corrected chi connectivity index (χ3v) is 11.4. The molecular weight excluding hydrogens is 695 g/mol. The second-order valence-corrected chi connectivity index (χ2v) is 14.7. The van der Waals surface area contributed by atoms with Gasteiger partial charge in [-0.25, -0.2) is 4.98 Å². The number of nitrogens with one attached hydrogen (secondary N) is 2. The van der Waals surface area contributed by atoms with Crippen molar-refractivity contribution in [2.24, 2.45) is 0 Å². The molecule has 1 aliphatic rings. The minimum atomic E-state index is -0.0195. The van der Waals surface area contributed by atoms with Crippen LogP contribution in [0, 0.1) is 0 Å². The lowest BCUT2D eigenvalue weighted by atomic mass is 9.97. The van der Waals surface area contributed by atoms with Gasteiger partial charge < -0.3 is 5.32 Å². The van der Waals surface area contributed by atoms with Gasteiger partial charge in [-0.2, -0.15) is 0 Å². The number of hydrogen-bond donors (Lipinski definition) is 2. The van der Waals surface area contributed by atoms with Crippen molar-refractivity contribution in [2.45, 2.75) is 12.2 Å². The lowest BCUT2D eigenvalue weighted by Crippen LogP contribution is -2.39. The van der Waals surface area contributed by atoms with Gasteiger partial charge in [0.25, 0.3) is 0 Å². The first-order chi connectivity index (χ1) is 28.3. The van der Waals surface area contributed by atoms with E-state index in [1.807, 2.05) is 12.4 Å². The Kier molecular flexibility index (Phi) is 7.97. The fourth-order valence-corrected chi connectivity index (χ4v) is 8.58. The van der Waals surface area contributed by atoms with Gasteiger partial charge in [0.05, 0.1) is 22.8 Å². The molecule has 10 aromatic rings. The summed E-state index contributed by atoms with van der Waals surface area (Å²) >= 11 is 0. The molecule has 8 aromatic carbocycles. The van der Waals surface area contributed by atoms with E-state index in [1.54, 1.807) is 0 Å². The molecule has 0 saturated heterocycles. The van der Waals surface area contributed by atoms with Crippen LogP contribution in [-0.2, 0) is 0 Å². The molecule has 3 heterocycles. The Labute approximate surface area is 330 Å². The van der Waals surface area contributed by atoms with Crippen LogP contribution in [0.15, 0.2) is 200 Å². The Hall–Kier alpha value is -7.34. The lowest BCUT2D eigenvalue weighted by molar-refractivity contribution is 0.442. The van der Waals surface area contributed by atoms with Gasteiger partial charge in [-0.05, 0) is 62.2 Å². The van der Waals surface area contributed by atoms with E-state index in [9.17, 15) is 0 Å². The van der Waals surface area contributed by atoms with E-state index in [0.717, 1.165) is 61.3 Å². The molecule has 5 nitrogen and oxygen atoms in total. The molecule has 1 aliphatic heterocycles. The average molecular weight is 732 g/mol. The van der Waals surface area contributed by atoms with Gasteiger partial charge in [0.15, 0.2) is 0 Å². The maximum absolute atomic E-state index is 5.48. The second kappa shape index (κ2) is 13.7. The standard InChI is InChI=1S/C52H37N5/c1-3-13-37(14-4-1)46-32-47(55-51(54-46)39-15-5-2-6-16-39)38-26-22-34(23-27-38)35-24-28-40(29-25-35)52-56-49-44-20-10-9-19-42(44)43-30-31-53-33-45(43)50(49)57(52)48-21-11-17-36-12-7-8-18-41(36)48/h1-33,46,51,54-55H. The first-order valence-electron chi connectivity index (χ1n) is 19.5. The van der Waals surface area contributed by atoms with Crippen LogP contribution < -0.4 is 10.6 Å². The molecule has 0 bridgehead atoms. The fourth-order valence-electron chi connectivity index (χ4n) is 8.58. The number of fused-ring (bicyclic) bond motifs is 7. The molecule has 2 atom stereocenters.